The Balaban J connectivity index is 0.000000125. The zero-order valence-corrected chi connectivity index (χ0v) is 34.8. The van der Waals surface area contributed by atoms with E-state index in [1.165, 1.54) is 38.4 Å². The molecule has 0 radical (unpaired) electrons. The maximum atomic E-state index is 13.1. The third-order valence-corrected chi connectivity index (χ3v) is 22.1. The first-order valence-electron chi connectivity index (χ1n) is 23.1. The number of esters is 3. The monoisotopic (exact) mass is 778 g/mol. The lowest BCUT2D eigenvalue weighted by Crippen LogP contribution is -2.59. The quantitative estimate of drug-likeness (QED) is 0.193. The molecule has 2 saturated heterocycles. The minimum absolute atomic E-state index is 0.00417. The first-order chi connectivity index (χ1) is 27.1. The number of hydrogen-bond donors (Lipinski definition) is 0. The van der Waals surface area contributed by atoms with E-state index in [1.54, 1.807) is 5.57 Å². The van der Waals surface area contributed by atoms with Crippen LogP contribution >= 0.6 is 0 Å². The van der Waals surface area contributed by atoms with E-state index in [4.69, 9.17) is 14.2 Å². The fourth-order valence-corrected chi connectivity index (χ4v) is 19.5. The molecular weight excluding hydrogens is 717 g/mol. The third kappa shape index (κ3) is 3.99. The van der Waals surface area contributed by atoms with Crippen LogP contribution in [0.25, 0.3) is 0 Å². The van der Waals surface area contributed by atoms with Crippen molar-refractivity contribution in [3.63, 3.8) is 0 Å². The first-order valence-corrected chi connectivity index (χ1v) is 23.1. The van der Waals surface area contributed by atoms with Crippen LogP contribution in [0.5, 0.6) is 0 Å². The molecule has 0 N–H and O–H groups in total. The van der Waals surface area contributed by atoms with Crippen LogP contribution < -0.4 is 0 Å². The topological polar surface area (TPSA) is 113 Å². The van der Waals surface area contributed by atoms with Crippen molar-refractivity contribution < 1.29 is 38.2 Å². The van der Waals surface area contributed by atoms with Crippen molar-refractivity contribution in [3.8, 4) is 0 Å². The van der Waals surface area contributed by atoms with E-state index in [-0.39, 0.29) is 73.8 Å². The summed E-state index contributed by atoms with van der Waals surface area (Å²) < 4.78 is 17.5. The number of methoxy groups -OCH3 is 1. The normalized spacial score (nSPS) is 57.4. The molecule has 17 atom stereocenters. The third-order valence-electron chi connectivity index (χ3n) is 22.1. The molecule has 11 aliphatic carbocycles. The molecule has 2 aliphatic heterocycles. The van der Waals surface area contributed by atoms with E-state index in [0.717, 1.165) is 82.0 Å². The summed E-state index contributed by atoms with van der Waals surface area (Å²) >= 11 is 0. The van der Waals surface area contributed by atoms with E-state index >= 15 is 0 Å². The van der Waals surface area contributed by atoms with Crippen LogP contribution in [0, 0.1) is 85.8 Å². The lowest BCUT2D eigenvalue weighted by Gasteiger charge is -2.61. The van der Waals surface area contributed by atoms with Crippen LogP contribution in [0.2, 0.25) is 0 Å². The Morgan fingerprint density at radius 3 is 1.77 bits per heavy atom. The van der Waals surface area contributed by atoms with Crippen LogP contribution in [0.4, 0.5) is 0 Å². The molecule has 4 spiro atoms. The Labute approximate surface area is 337 Å². The predicted octanol–water partition coefficient (Wildman–Crippen LogP) is 8.44. The molecule has 8 heteroatoms. The molecule has 0 aromatic heterocycles. The van der Waals surface area contributed by atoms with Gasteiger partial charge in [-0.1, -0.05) is 38.8 Å². The van der Waals surface area contributed by atoms with Crippen molar-refractivity contribution >= 4 is 29.5 Å². The van der Waals surface area contributed by atoms with Gasteiger partial charge in [-0.3, -0.25) is 24.0 Å². The molecule has 57 heavy (non-hydrogen) atoms. The number of ketones is 2. The van der Waals surface area contributed by atoms with Gasteiger partial charge in [-0.25, -0.2) is 0 Å². The van der Waals surface area contributed by atoms with Crippen molar-refractivity contribution in [3.05, 3.63) is 23.3 Å². The highest BCUT2D eigenvalue weighted by Crippen LogP contribution is 2.89. The fourth-order valence-electron chi connectivity index (χ4n) is 19.5. The molecule has 8 nitrogen and oxygen atoms in total. The molecular formula is C49H62O8. The molecule has 0 aromatic rings. The Hall–Kier alpha value is -2.77. The summed E-state index contributed by atoms with van der Waals surface area (Å²) in [4.78, 5) is 61.8. The van der Waals surface area contributed by atoms with Gasteiger partial charge in [0.25, 0.3) is 0 Å². The van der Waals surface area contributed by atoms with Crippen molar-refractivity contribution in [1.29, 1.82) is 0 Å². The summed E-state index contributed by atoms with van der Waals surface area (Å²) in [7, 11) is 1.49. The van der Waals surface area contributed by atoms with Gasteiger partial charge in [0.05, 0.1) is 13.0 Å². The smallest absolute Gasteiger partial charge is 0.309 e. The standard InChI is InChI=1S/C25H32O5.C24H30O3/c1-22-7-4-16(26)10-14(22)11-17(21(28)29-3)20-18-5-8-24(9-6-19(27)30-24)23(18,2)12-15-13-25(15,20)22;1-21-6-3-14(25)9-18(21)15-10-16(15)20-17-4-7-23(8-5-19(26)27-23)22(17,2)11-13-12-24(13,20)21/h10,15,17-18,20H,4-9,11-13H2,1-3H3;9,13,15-17,20H,3-8,10-12H2,1-2H3/t15?,17-,18?,20?,22?,23?,24-,25+;13?,15?,16?,17?,20?,21?,22?,23-,24+/m11/s1. The number of allylic oxidation sites excluding steroid dienone is 2. The zero-order valence-electron chi connectivity index (χ0n) is 34.8. The van der Waals surface area contributed by atoms with E-state index in [0.29, 0.717) is 60.6 Å². The van der Waals surface area contributed by atoms with Gasteiger partial charge >= 0.3 is 17.9 Å². The maximum absolute atomic E-state index is 13.1. The van der Waals surface area contributed by atoms with E-state index < -0.39 is 0 Å². The van der Waals surface area contributed by atoms with Crippen LogP contribution in [-0.2, 0) is 38.2 Å². The number of fused-ring (bicyclic) bond motifs is 11. The lowest BCUT2D eigenvalue weighted by atomic mass is 9.43. The highest BCUT2D eigenvalue weighted by molar-refractivity contribution is 5.93. The summed E-state index contributed by atoms with van der Waals surface area (Å²) in [5.41, 5.74) is 3.16. The zero-order chi connectivity index (χ0) is 39.5. The summed E-state index contributed by atoms with van der Waals surface area (Å²) in [6.45, 7) is 9.73. The average molecular weight is 779 g/mol. The average Bonchev–Trinajstić information content (AvgIpc) is 4.11. The van der Waals surface area contributed by atoms with Crippen LogP contribution in [0.15, 0.2) is 23.3 Å². The van der Waals surface area contributed by atoms with Crippen LogP contribution in [-0.4, -0.2) is 47.8 Å². The molecule has 9 saturated carbocycles. The van der Waals surface area contributed by atoms with Crippen molar-refractivity contribution in [2.45, 2.75) is 154 Å². The van der Waals surface area contributed by atoms with E-state index in [9.17, 15) is 24.0 Å². The van der Waals surface area contributed by atoms with Gasteiger partial charge in [0.1, 0.15) is 11.2 Å². The maximum Gasteiger partial charge on any atom is 0.309 e. The lowest BCUT2D eigenvalue weighted by molar-refractivity contribution is -0.179. The number of carbonyl (C=O) groups excluding carboxylic acids is 5. The van der Waals surface area contributed by atoms with Gasteiger partial charge in [-0.15, -0.1) is 0 Å². The van der Waals surface area contributed by atoms with Crippen molar-refractivity contribution in [2.75, 3.05) is 7.11 Å². The number of rotatable bonds is 1. The van der Waals surface area contributed by atoms with Crippen molar-refractivity contribution in [1.82, 2.24) is 0 Å². The van der Waals surface area contributed by atoms with Crippen LogP contribution in [0.3, 0.4) is 0 Å². The number of ether oxygens (including phenoxy) is 3. The molecule has 0 amide bonds. The highest BCUT2D eigenvalue weighted by atomic mass is 16.6. The summed E-state index contributed by atoms with van der Waals surface area (Å²) in [5, 5.41) is 0. The molecule has 0 bridgehead atoms. The Kier molecular flexibility index (Phi) is 6.81. The first kappa shape index (κ1) is 36.1. The second-order valence-corrected chi connectivity index (χ2v) is 23.1. The van der Waals surface area contributed by atoms with Gasteiger partial charge in [-0.05, 0) is 171 Å². The predicted molar refractivity (Wildman–Crippen MR) is 208 cm³/mol. The van der Waals surface area contributed by atoms with E-state index in [2.05, 4.69) is 33.8 Å². The van der Waals surface area contributed by atoms with Gasteiger partial charge < -0.3 is 14.2 Å². The van der Waals surface area contributed by atoms with Crippen molar-refractivity contribution in [2.24, 2.45) is 85.8 Å². The second-order valence-electron chi connectivity index (χ2n) is 23.1. The minimum atomic E-state index is -0.344. The molecule has 2 heterocycles. The second kappa shape index (κ2) is 10.7. The fraction of sp³-hybridized carbons (Fsp3) is 0.816. The molecule has 11 fully saturated rings. The molecule has 13 rings (SSSR count). The molecule has 306 valence electrons. The summed E-state index contributed by atoms with van der Waals surface area (Å²) in [6, 6.07) is 0. The SMILES string of the molecule is CC12CC3C[C@@]34C(C3CC3C3=CC(=O)CCC34C)C1CC[C@@]21CCC(=O)O1.COC(=O)[C@@H]1CC2=CC(=O)CCC2(C)[C@@]23CC2CC2(C)C(CC[C@@]24CCC(=O)O4)C13. The van der Waals surface area contributed by atoms with Gasteiger partial charge in [0.15, 0.2) is 11.6 Å². The minimum Gasteiger partial charge on any atom is -0.469 e. The molecule has 13 aliphatic rings. The highest BCUT2D eigenvalue weighted by Gasteiger charge is 2.84. The number of hydrogen-bond acceptors (Lipinski definition) is 8. The Morgan fingerprint density at radius 2 is 1.21 bits per heavy atom. The van der Waals surface area contributed by atoms with Crippen LogP contribution in [0.1, 0.15) is 143 Å². The summed E-state index contributed by atoms with van der Waals surface area (Å²) in [6.07, 6.45) is 21.3. The molecule has 0 aromatic carbocycles. The van der Waals surface area contributed by atoms with E-state index in [1.807, 2.05) is 6.08 Å². The largest absolute Gasteiger partial charge is 0.469 e. The Bertz CT molecular complexity index is 2030. The number of carbonyl (C=O) groups is 5. The van der Waals surface area contributed by atoms with Gasteiger partial charge in [-0.2, -0.15) is 0 Å². The van der Waals surface area contributed by atoms with Gasteiger partial charge in [0, 0.05) is 36.5 Å². The van der Waals surface area contributed by atoms with Gasteiger partial charge in [0.2, 0.25) is 0 Å². The molecule has 12 unspecified atom stereocenters. The summed E-state index contributed by atoms with van der Waals surface area (Å²) in [5.74, 6) is 5.18. The Morgan fingerprint density at radius 1 is 0.667 bits per heavy atom.